The highest BCUT2D eigenvalue weighted by molar-refractivity contribution is 9.10. The maximum Gasteiger partial charge on any atom is 0.151 e. The van der Waals surface area contributed by atoms with Crippen LogP contribution in [0.4, 0.5) is 5.69 Å². The lowest BCUT2D eigenvalue weighted by Crippen LogP contribution is -2.31. The third kappa shape index (κ3) is 2.19. The number of nitrogens with zero attached hydrogens (tertiary/aromatic N) is 1. The van der Waals surface area contributed by atoms with Crippen molar-refractivity contribution in [3.63, 3.8) is 0 Å². The van der Waals surface area contributed by atoms with E-state index in [0.717, 1.165) is 28.6 Å². The van der Waals surface area contributed by atoms with Crippen LogP contribution in [0.25, 0.3) is 0 Å². The standard InChI is InChI=1S/C16H12BrClN2/c17-12-5-6-13-11(9-12)7-8-16(13,10-19)20-15-4-2-1-3-14(15)18/h1-6,9,20H,7-8H2. The fourth-order valence-electron chi connectivity index (χ4n) is 2.71. The van der Waals surface area contributed by atoms with Gasteiger partial charge < -0.3 is 5.32 Å². The van der Waals surface area contributed by atoms with Gasteiger partial charge in [-0.3, -0.25) is 0 Å². The summed E-state index contributed by atoms with van der Waals surface area (Å²) in [5.74, 6) is 0. The van der Waals surface area contributed by atoms with Crippen molar-refractivity contribution < 1.29 is 0 Å². The van der Waals surface area contributed by atoms with Gasteiger partial charge in [-0.2, -0.15) is 5.26 Å². The molecule has 0 heterocycles. The first-order valence-corrected chi connectivity index (χ1v) is 7.55. The van der Waals surface area contributed by atoms with Crippen LogP contribution in [0.2, 0.25) is 5.02 Å². The van der Waals surface area contributed by atoms with Crippen LogP contribution in [0.5, 0.6) is 0 Å². The van der Waals surface area contributed by atoms with Gasteiger partial charge in [-0.05, 0) is 48.2 Å². The Bertz CT molecular complexity index is 708. The fourth-order valence-corrected chi connectivity index (χ4v) is 3.30. The van der Waals surface area contributed by atoms with Crippen LogP contribution in [0, 0.1) is 11.3 Å². The van der Waals surface area contributed by atoms with E-state index in [0.29, 0.717) is 5.02 Å². The lowest BCUT2D eigenvalue weighted by Gasteiger charge is -2.26. The zero-order valence-electron chi connectivity index (χ0n) is 10.7. The van der Waals surface area contributed by atoms with Crippen molar-refractivity contribution in [1.82, 2.24) is 0 Å². The third-order valence-electron chi connectivity index (χ3n) is 3.71. The number of aryl methyl sites for hydroxylation is 1. The molecule has 0 fully saturated rings. The molecule has 0 radical (unpaired) electrons. The Morgan fingerprint density at radius 3 is 2.80 bits per heavy atom. The summed E-state index contributed by atoms with van der Waals surface area (Å²) in [6, 6.07) is 16.0. The molecule has 20 heavy (non-hydrogen) atoms. The number of nitriles is 1. The molecule has 0 saturated carbocycles. The smallest absolute Gasteiger partial charge is 0.151 e. The molecule has 2 aromatic rings. The Morgan fingerprint density at radius 1 is 1.25 bits per heavy atom. The number of fused-ring (bicyclic) bond motifs is 1. The largest absolute Gasteiger partial charge is 0.362 e. The van der Waals surface area contributed by atoms with Crippen molar-refractivity contribution in [3.8, 4) is 6.07 Å². The fraction of sp³-hybridized carbons (Fsp3) is 0.188. The molecule has 1 unspecified atom stereocenters. The summed E-state index contributed by atoms with van der Waals surface area (Å²) < 4.78 is 1.04. The normalized spacial score (nSPS) is 20.2. The number of para-hydroxylation sites is 1. The van der Waals surface area contributed by atoms with Crippen molar-refractivity contribution in [3.05, 3.63) is 63.1 Å². The summed E-state index contributed by atoms with van der Waals surface area (Å²) in [5, 5.41) is 13.7. The number of benzene rings is 2. The number of hydrogen-bond donors (Lipinski definition) is 1. The summed E-state index contributed by atoms with van der Waals surface area (Å²) in [4.78, 5) is 0. The molecule has 2 nitrogen and oxygen atoms in total. The molecular weight excluding hydrogens is 336 g/mol. The van der Waals surface area contributed by atoms with Crippen LogP contribution < -0.4 is 5.32 Å². The molecule has 0 bridgehead atoms. The second-order valence-corrected chi connectivity index (χ2v) is 6.25. The minimum absolute atomic E-state index is 0.632. The highest BCUT2D eigenvalue weighted by Gasteiger charge is 2.39. The maximum atomic E-state index is 9.72. The van der Waals surface area contributed by atoms with Gasteiger partial charge in [-0.1, -0.05) is 45.7 Å². The molecule has 0 spiro atoms. The second-order valence-electron chi connectivity index (χ2n) is 4.92. The van der Waals surface area contributed by atoms with E-state index in [1.807, 2.05) is 36.4 Å². The Morgan fingerprint density at radius 2 is 2.05 bits per heavy atom. The molecule has 1 aliphatic rings. The van der Waals surface area contributed by atoms with Crippen molar-refractivity contribution in [2.45, 2.75) is 18.4 Å². The SMILES string of the molecule is N#CC1(Nc2ccccc2Cl)CCc2cc(Br)ccc21. The molecular formula is C16H12BrClN2. The Kier molecular flexibility index (Phi) is 3.45. The Labute approximate surface area is 131 Å². The van der Waals surface area contributed by atoms with E-state index < -0.39 is 5.54 Å². The number of nitrogens with one attached hydrogen (secondary N) is 1. The van der Waals surface area contributed by atoms with Crippen molar-refractivity contribution in [2.75, 3.05) is 5.32 Å². The molecule has 1 aliphatic carbocycles. The Balaban J connectivity index is 2.04. The maximum absolute atomic E-state index is 9.72. The first kappa shape index (κ1) is 13.5. The number of anilines is 1. The Hall–Kier alpha value is -1.50. The molecule has 1 N–H and O–H groups in total. The summed E-state index contributed by atoms with van der Waals surface area (Å²) in [6.07, 6.45) is 1.64. The van der Waals surface area contributed by atoms with E-state index in [2.05, 4.69) is 33.4 Å². The van der Waals surface area contributed by atoms with Gasteiger partial charge in [0.25, 0.3) is 0 Å². The summed E-state index contributed by atoms with van der Waals surface area (Å²) in [7, 11) is 0. The van der Waals surface area contributed by atoms with Crippen LogP contribution in [0.1, 0.15) is 17.5 Å². The molecule has 4 heteroatoms. The van der Waals surface area contributed by atoms with Crippen LogP contribution in [-0.2, 0) is 12.0 Å². The quantitative estimate of drug-likeness (QED) is 0.840. The van der Waals surface area contributed by atoms with Gasteiger partial charge in [0.1, 0.15) is 0 Å². The van der Waals surface area contributed by atoms with E-state index in [-0.39, 0.29) is 0 Å². The summed E-state index contributed by atoms with van der Waals surface area (Å²) >= 11 is 9.67. The van der Waals surface area contributed by atoms with Gasteiger partial charge in [-0.15, -0.1) is 0 Å². The highest BCUT2D eigenvalue weighted by atomic mass is 79.9. The molecule has 0 aromatic heterocycles. The van der Waals surface area contributed by atoms with Crippen molar-refractivity contribution in [2.24, 2.45) is 0 Å². The van der Waals surface area contributed by atoms with E-state index in [4.69, 9.17) is 11.6 Å². The van der Waals surface area contributed by atoms with Gasteiger partial charge in [0.2, 0.25) is 0 Å². The lowest BCUT2D eigenvalue weighted by molar-refractivity contribution is 0.621. The summed E-state index contributed by atoms with van der Waals surface area (Å²) in [5.41, 5.74) is 2.36. The average Bonchev–Trinajstić information content (AvgIpc) is 2.80. The number of rotatable bonds is 2. The van der Waals surface area contributed by atoms with Crippen molar-refractivity contribution >= 4 is 33.2 Å². The topological polar surface area (TPSA) is 35.8 Å². The van der Waals surface area contributed by atoms with Crippen LogP contribution in [-0.4, -0.2) is 0 Å². The molecule has 3 rings (SSSR count). The highest BCUT2D eigenvalue weighted by Crippen LogP contribution is 2.41. The van der Waals surface area contributed by atoms with E-state index >= 15 is 0 Å². The van der Waals surface area contributed by atoms with Gasteiger partial charge in [-0.25, -0.2) is 0 Å². The predicted molar refractivity (Wildman–Crippen MR) is 84.8 cm³/mol. The first-order valence-electron chi connectivity index (χ1n) is 6.37. The molecule has 0 amide bonds. The van der Waals surface area contributed by atoms with Gasteiger partial charge in [0, 0.05) is 4.47 Å². The lowest BCUT2D eigenvalue weighted by atomic mass is 9.93. The van der Waals surface area contributed by atoms with E-state index in [1.165, 1.54) is 5.56 Å². The zero-order chi connectivity index (χ0) is 14.2. The zero-order valence-corrected chi connectivity index (χ0v) is 13.0. The van der Waals surface area contributed by atoms with E-state index in [1.54, 1.807) is 0 Å². The van der Waals surface area contributed by atoms with Crippen LogP contribution in [0.15, 0.2) is 46.9 Å². The van der Waals surface area contributed by atoms with Gasteiger partial charge in [0.15, 0.2) is 5.54 Å². The monoisotopic (exact) mass is 346 g/mol. The summed E-state index contributed by atoms with van der Waals surface area (Å²) in [6.45, 7) is 0. The molecule has 0 aliphatic heterocycles. The van der Waals surface area contributed by atoms with Crippen molar-refractivity contribution in [1.29, 1.82) is 5.26 Å². The van der Waals surface area contributed by atoms with Crippen LogP contribution in [0.3, 0.4) is 0 Å². The second kappa shape index (κ2) is 5.12. The number of halogens is 2. The average molecular weight is 348 g/mol. The molecule has 2 aromatic carbocycles. The third-order valence-corrected chi connectivity index (χ3v) is 4.53. The van der Waals surface area contributed by atoms with Gasteiger partial charge >= 0.3 is 0 Å². The number of hydrogen-bond acceptors (Lipinski definition) is 2. The van der Waals surface area contributed by atoms with Gasteiger partial charge in [0.05, 0.1) is 16.8 Å². The molecule has 100 valence electrons. The predicted octanol–water partition coefficient (Wildman–Crippen LogP) is 4.88. The molecule has 1 atom stereocenters. The van der Waals surface area contributed by atoms with E-state index in [9.17, 15) is 5.26 Å². The van der Waals surface area contributed by atoms with Crippen LogP contribution >= 0.6 is 27.5 Å². The minimum atomic E-state index is -0.693. The minimum Gasteiger partial charge on any atom is -0.362 e. The molecule has 0 saturated heterocycles. The first-order chi connectivity index (χ1) is 9.64.